The van der Waals surface area contributed by atoms with Gasteiger partial charge >= 0.3 is 0 Å². The van der Waals surface area contributed by atoms with Gasteiger partial charge in [-0.2, -0.15) is 0 Å². The molecule has 0 saturated carbocycles. The highest BCUT2D eigenvalue weighted by Crippen LogP contribution is 2.38. The highest BCUT2D eigenvalue weighted by molar-refractivity contribution is 6.32. The quantitative estimate of drug-likeness (QED) is 0.704. The third-order valence-electron chi connectivity index (χ3n) is 3.39. The van der Waals surface area contributed by atoms with Crippen molar-refractivity contribution in [3.63, 3.8) is 0 Å². The molecule has 0 bridgehead atoms. The Labute approximate surface area is 93.4 Å². The van der Waals surface area contributed by atoms with E-state index in [2.05, 4.69) is 11.2 Å². The Morgan fingerprint density at radius 2 is 2.33 bits per heavy atom. The number of aryl methyl sites for hydroxylation is 2. The van der Waals surface area contributed by atoms with E-state index in [0.717, 1.165) is 28.9 Å². The molecule has 0 spiro atoms. The van der Waals surface area contributed by atoms with Gasteiger partial charge in [-0.1, -0.05) is 11.6 Å². The van der Waals surface area contributed by atoms with Crippen molar-refractivity contribution in [2.75, 3.05) is 0 Å². The Morgan fingerprint density at radius 1 is 1.53 bits per heavy atom. The lowest BCUT2D eigenvalue weighted by Crippen LogP contribution is -2.15. The number of halogens is 1. The molecule has 2 nitrogen and oxygen atoms in total. The molecule has 3 rings (SSSR count). The first kappa shape index (κ1) is 9.25. The molecule has 1 unspecified atom stereocenters. The van der Waals surface area contributed by atoms with Crippen LogP contribution < -0.4 is 5.73 Å². The number of hydrogen-bond acceptors (Lipinski definition) is 1. The van der Waals surface area contributed by atoms with Crippen LogP contribution in [0.1, 0.15) is 29.2 Å². The highest BCUT2D eigenvalue weighted by Gasteiger charge is 2.21. The van der Waals surface area contributed by atoms with Crippen molar-refractivity contribution in [3.05, 3.63) is 34.0 Å². The number of nitrogens with one attached hydrogen (secondary N) is 1. The van der Waals surface area contributed by atoms with Crippen LogP contribution in [-0.4, -0.2) is 4.98 Å². The summed E-state index contributed by atoms with van der Waals surface area (Å²) in [5.74, 6) is 0. The highest BCUT2D eigenvalue weighted by atomic mass is 35.5. The minimum Gasteiger partial charge on any atom is -0.361 e. The summed E-state index contributed by atoms with van der Waals surface area (Å²) in [5.41, 5.74) is 11.0. The molecule has 1 heterocycles. The fraction of sp³-hybridized carbons (Fsp3) is 0.333. The van der Waals surface area contributed by atoms with Gasteiger partial charge in [-0.15, -0.1) is 0 Å². The van der Waals surface area contributed by atoms with Gasteiger partial charge in [0.1, 0.15) is 0 Å². The van der Waals surface area contributed by atoms with Crippen LogP contribution in [0.25, 0.3) is 10.9 Å². The Balaban J connectivity index is 2.48. The van der Waals surface area contributed by atoms with Crippen LogP contribution in [0.3, 0.4) is 0 Å². The normalized spacial score (nSPS) is 19.8. The molecule has 1 aromatic carbocycles. The predicted molar refractivity (Wildman–Crippen MR) is 63.3 cm³/mol. The fourth-order valence-corrected chi connectivity index (χ4v) is 2.69. The van der Waals surface area contributed by atoms with Gasteiger partial charge in [-0.05, 0) is 42.5 Å². The first-order valence-electron chi connectivity index (χ1n) is 5.23. The first-order chi connectivity index (χ1) is 7.18. The molecule has 15 heavy (non-hydrogen) atoms. The number of aromatic nitrogens is 1. The zero-order chi connectivity index (χ0) is 10.6. The smallest absolute Gasteiger partial charge is 0.0504 e. The minimum absolute atomic E-state index is 0.133. The minimum atomic E-state index is 0.133. The second-order valence-corrected chi connectivity index (χ2v) is 4.69. The van der Waals surface area contributed by atoms with Crippen LogP contribution in [0.4, 0.5) is 0 Å². The zero-order valence-electron chi connectivity index (χ0n) is 8.60. The van der Waals surface area contributed by atoms with E-state index in [-0.39, 0.29) is 6.04 Å². The maximum atomic E-state index is 6.19. The molecular formula is C12H13ClN2. The molecule has 0 saturated heterocycles. The number of aromatic amines is 1. The summed E-state index contributed by atoms with van der Waals surface area (Å²) in [6.07, 6.45) is 4.16. The molecule has 0 radical (unpaired) electrons. The first-order valence-corrected chi connectivity index (χ1v) is 5.61. The Bertz CT molecular complexity index is 542. The number of benzene rings is 1. The molecule has 1 atom stereocenters. The summed E-state index contributed by atoms with van der Waals surface area (Å²) in [6, 6.07) is 2.16. The van der Waals surface area contributed by atoms with Crippen LogP contribution in [0, 0.1) is 6.92 Å². The predicted octanol–water partition coefficient (Wildman–Crippen LogP) is 3.08. The van der Waals surface area contributed by atoms with E-state index in [4.69, 9.17) is 17.3 Å². The van der Waals surface area contributed by atoms with Crippen molar-refractivity contribution in [2.24, 2.45) is 5.73 Å². The average molecular weight is 221 g/mol. The average Bonchev–Trinajstić information content (AvgIpc) is 2.64. The van der Waals surface area contributed by atoms with Gasteiger partial charge in [0, 0.05) is 22.6 Å². The molecule has 2 aromatic rings. The number of nitrogens with two attached hydrogens (primary N) is 1. The summed E-state index contributed by atoms with van der Waals surface area (Å²) in [7, 11) is 0. The van der Waals surface area contributed by atoms with Crippen molar-refractivity contribution < 1.29 is 0 Å². The summed E-state index contributed by atoms with van der Waals surface area (Å²) in [6.45, 7) is 2.04. The van der Waals surface area contributed by atoms with E-state index in [0.29, 0.717) is 0 Å². The van der Waals surface area contributed by atoms with Crippen LogP contribution in [0.15, 0.2) is 12.3 Å². The molecule has 3 heteroatoms. The molecular weight excluding hydrogens is 208 g/mol. The summed E-state index contributed by atoms with van der Waals surface area (Å²) in [4.78, 5) is 3.31. The van der Waals surface area contributed by atoms with Crippen LogP contribution in [0.2, 0.25) is 5.02 Å². The molecule has 1 aromatic heterocycles. The third kappa shape index (κ3) is 1.15. The van der Waals surface area contributed by atoms with E-state index >= 15 is 0 Å². The molecule has 3 N–H and O–H groups in total. The van der Waals surface area contributed by atoms with Gasteiger partial charge < -0.3 is 10.7 Å². The van der Waals surface area contributed by atoms with E-state index < -0.39 is 0 Å². The van der Waals surface area contributed by atoms with E-state index in [9.17, 15) is 0 Å². The van der Waals surface area contributed by atoms with Gasteiger partial charge in [0.25, 0.3) is 0 Å². The van der Waals surface area contributed by atoms with Crippen molar-refractivity contribution in [1.82, 2.24) is 4.98 Å². The SMILES string of the molecule is Cc1c(Cl)cc2c3c(c[nH]c13)CCC2N. The van der Waals surface area contributed by atoms with Crippen molar-refractivity contribution in [3.8, 4) is 0 Å². The maximum Gasteiger partial charge on any atom is 0.0504 e. The van der Waals surface area contributed by atoms with Gasteiger partial charge in [0.05, 0.1) is 5.52 Å². The van der Waals surface area contributed by atoms with Crippen LogP contribution >= 0.6 is 11.6 Å². The number of hydrogen-bond donors (Lipinski definition) is 2. The fourth-order valence-electron chi connectivity index (χ4n) is 2.48. The lowest BCUT2D eigenvalue weighted by Gasteiger charge is -2.20. The van der Waals surface area contributed by atoms with Crippen molar-refractivity contribution in [1.29, 1.82) is 0 Å². The van der Waals surface area contributed by atoms with Gasteiger partial charge in [0.15, 0.2) is 0 Å². The number of rotatable bonds is 0. The van der Waals surface area contributed by atoms with Crippen molar-refractivity contribution in [2.45, 2.75) is 25.8 Å². The zero-order valence-corrected chi connectivity index (χ0v) is 9.36. The monoisotopic (exact) mass is 220 g/mol. The van der Waals surface area contributed by atoms with E-state index in [1.807, 2.05) is 13.0 Å². The lowest BCUT2D eigenvalue weighted by molar-refractivity contribution is 0.643. The lowest BCUT2D eigenvalue weighted by atomic mass is 9.88. The Hall–Kier alpha value is -0.990. The Morgan fingerprint density at radius 3 is 3.13 bits per heavy atom. The second kappa shape index (κ2) is 3.00. The van der Waals surface area contributed by atoms with E-state index in [1.165, 1.54) is 16.5 Å². The van der Waals surface area contributed by atoms with E-state index in [1.54, 1.807) is 0 Å². The van der Waals surface area contributed by atoms with Crippen molar-refractivity contribution >= 4 is 22.5 Å². The largest absolute Gasteiger partial charge is 0.361 e. The molecule has 0 fully saturated rings. The van der Waals surface area contributed by atoms with Gasteiger partial charge in [0.2, 0.25) is 0 Å². The maximum absolute atomic E-state index is 6.19. The summed E-state index contributed by atoms with van der Waals surface area (Å²) >= 11 is 6.19. The third-order valence-corrected chi connectivity index (χ3v) is 3.78. The molecule has 1 aliphatic carbocycles. The molecule has 0 aliphatic heterocycles. The summed E-state index contributed by atoms with van der Waals surface area (Å²) in [5, 5.41) is 2.11. The van der Waals surface area contributed by atoms with Crippen LogP contribution in [-0.2, 0) is 6.42 Å². The molecule has 0 amide bonds. The van der Waals surface area contributed by atoms with Crippen LogP contribution in [0.5, 0.6) is 0 Å². The van der Waals surface area contributed by atoms with Gasteiger partial charge in [-0.25, -0.2) is 0 Å². The number of H-pyrrole nitrogens is 1. The standard InChI is InChI=1S/C12H13ClN2/c1-6-9(13)4-8-10(14)3-2-7-5-15-12(6)11(7)8/h4-5,10,15H,2-3,14H2,1H3. The Kier molecular flexibility index (Phi) is 1.85. The van der Waals surface area contributed by atoms with Gasteiger partial charge in [-0.3, -0.25) is 0 Å². The molecule has 1 aliphatic rings. The topological polar surface area (TPSA) is 41.8 Å². The second-order valence-electron chi connectivity index (χ2n) is 4.28. The molecule has 78 valence electrons. The summed E-state index contributed by atoms with van der Waals surface area (Å²) < 4.78 is 0.